The summed E-state index contributed by atoms with van der Waals surface area (Å²) in [5, 5.41) is 13.3. The number of fused-ring (bicyclic) bond motifs is 1. The summed E-state index contributed by atoms with van der Waals surface area (Å²) in [7, 11) is 0. The molecule has 0 unspecified atom stereocenters. The lowest BCUT2D eigenvalue weighted by atomic mass is 10.1. The van der Waals surface area contributed by atoms with Crippen LogP contribution in [-0.4, -0.2) is 21.1 Å². The fraction of sp³-hybridized carbons (Fsp3) is 0.0833. The van der Waals surface area contributed by atoms with Crippen molar-refractivity contribution >= 4 is 28.1 Å². The molecule has 6 heteroatoms. The van der Waals surface area contributed by atoms with Gasteiger partial charge in [0.25, 0.3) is 5.91 Å². The molecule has 3 aromatic rings. The number of aromatic amines is 1. The molecule has 0 aliphatic heterocycles. The van der Waals surface area contributed by atoms with Crippen molar-refractivity contribution in [1.82, 2.24) is 20.5 Å². The van der Waals surface area contributed by atoms with Gasteiger partial charge in [-0.1, -0.05) is 0 Å². The second kappa shape index (κ2) is 4.58. The van der Waals surface area contributed by atoms with E-state index >= 15 is 0 Å². The Hall–Kier alpha value is -2.21. The average molecular weight is 258 g/mol. The van der Waals surface area contributed by atoms with Crippen molar-refractivity contribution in [1.29, 1.82) is 0 Å². The highest BCUT2D eigenvalue weighted by Crippen LogP contribution is 2.13. The van der Waals surface area contributed by atoms with Crippen molar-refractivity contribution < 1.29 is 4.79 Å². The second-order valence-electron chi connectivity index (χ2n) is 3.78. The zero-order valence-electron chi connectivity index (χ0n) is 9.38. The third-order valence-corrected chi connectivity index (χ3v) is 3.37. The molecule has 1 amide bonds. The Kier molecular flexibility index (Phi) is 2.77. The summed E-state index contributed by atoms with van der Waals surface area (Å²) in [5.74, 6) is -0.103. The number of amides is 1. The van der Waals surface area contributed by atoms with E-state index in [0.29, 0.717) is 12.1 Å². The third-order valence-electron chi connectivity index (χ3n) is 2.59. The first kappa shape index (κ1) is 10.9. The normalized spacial score (nSPS) is 10.7. The number of H-pyrrole nitrogens is 1. The minimum atomic E-state index is -0.103. The highest BCUT2D eigenvalue weighted by atomic mass is 32.1. The van der Waals surface area contributed by atoms with Crippen LogP contribution in [0.5, 0.6) is 0 Å². The van der Waals surface area contributed by atoms with Gasteiger partial charge >= 0.3 is 0 Å². The molecule has 5 nitrogen and oxygen atoms in total. The Morgan fingerprint density at radius 3 is 3.22 bits per heavy atom. The van der Waals surface area contributed by atoms with Crippen LogP contribution in [0.3, 0.4) is 0 Å². The highest BCUT2D eigenvalue weighted by Gasteiger charge is 2.07. The number of nitrogens with one attached hydrogen (secondary N) is 2. The van der Waals surface area contributed by atoms with E-state index in [9.17, 15) is 4.79 Å². The van der Waals surface area contributed by atoms with E-state index in [1.165, 1.54) is 11.3 Å². The third kappa shape index (κ3) is 2.10. The van der Waals surface area contributed by atoms with Gasteiger partial charge in [-0.2, -0.15) is 5.10 Å². The van der Waals surface area contributed by atoms with Crippen LogP contribution < -0.4 is 5.32 Å². The first-order valence-corrected chi connectivity index (χ1v) is 6.30. The van der Waals surface area contributed by atoms with Gasteiger partial charge in [0.2, 0.25) is 0 Å². The average Bonchev–Trinajstić information content (AvgIpc) is 3.05. The zero-order valence-corrected chi connectivity index (χ0v) is 10.2. The number of hydrogen-bond acceptors (Lipinski definition) is 4. The zero-order chi connectivity index (χ0) is 12.4. The molecule has 2 N–H and O–H groups in total. The quantitative estimate of drug-likeness (QED) is 0.754. The molecule has 0 spiro atoms. The number of thiazole rings is 1. The maximum absolute atomic E-state index is 11.9. The van der Waals surface area contributed by atoms with Gasteiger partial charge in [0.1, 0.15) is 5.01 Å². The topological polar surface area (TPSA) is 70.7 Å². The fourth-order valence-corrected chi connectivity index (χ4v) is 2.24. The summed E-state index contributed by atoms with van der Waals surface area (Å²) < 4.78 is 0. The maximum atomic E-state index is 11.9. The van der Waals surface area contributed by atoms with Gasteiger partial charge in [-0.3, -0.25) is 9.89 Å². The summed E-state index contributed by atoms with van der Waals surface area (Å²) in [6.07, 6.45) is 3.43. The minimum Gasteiger partial charge on any atom is -0.346 e. The molecule has 0 aliphatic rings. The summed E-state index contributed by atoms with van der Waals surface area (Å²) in [4.78, 5) is 16.1. The van der Waals surface area contributed by atoms with E-state index in [1.807, 2.05) is 17.5 Å². The van der Waals surface area contributed by atoms with Gasteiger partial charge in [0, 0.05) is 22.5 Å². The lowest BCUT2D eigenvalue weighted by molar-refractivity contribution is 0.0951. The van der Waals surface area contributed by atoms with Crippen LogP contribution in [-0.2, 0) is 6.54 Å². The molecule has 2 heterocycles. The number of nitrogens with zero attached hydrogens (tertiary/aromatic N) is 2. The fourth-order valence-electron chi connectivity index (χ4n) is 1.68. The Labute approximate surface area is 107 Å². The molecule has 0 radical (unpaired) electrons. The van der Waals surface area contributed by atoms with Gasteiger partial charge in [0.15, 0.2) is 0 Å². The van der Waals surface area contributed by atoms with Gasteiger partial charge in [0.05, 0.1) is 18.3 Å². The number of benzene rings is 1. The van der Waals surface area contributed by atoms with E-state index in [-0.39, 0.29) is 5.91 Å². The van der Waals surface area contributed by atoms with Gasteiger partial charge in [-0.25, -0.2) is 4.98 Å². The lowest BCUT2D eigenvalue weighted by Crippen LogP contribution is -2.22. The lowest BCUT2D eigenvalue weighted by Gasteiger charge is -2.03. The molecule has 0 bridgehead atoms. The highest BCUT2D eigenvalue weighted by molar-refractivity contribution is 7.09. The van der Waals surface area contributed by atoms with E-state index < -0.39 is 0 Å². The van der Waals surface area contributed by atoms with Crippen LogP contribution in [0, 0.1) is 0 Å². The summed E-state index contributed by atoms with van der Waals surface area (Å²) in [5.41, 5.74) is 1.55. The summed E-state index contributed by atoms with van der Waals surface area (Å²) in [6, 6.07) is 5.44. The molecule has 90 valence electrons. The van der Waals surface area contributed by atoms with E-state index in [4.69, 9.17) is 0 Å². The smallest absolute Gasteiger partial charge is 0.251 e. The van der Waals surface area contributed by atoms with Crippen molar-refractivity contribution in [2.75, 3.05) is 0 Å². The van der Waals surface area contributed by atoms with Crippen molar-refractivity contribution in [3.05, 3.63) is 46.5 Å². The van der Waals surface area contributed by atoms with Gasteiger partial charge < -0.3 is 5.32 Å². The van der Waals surface area contributed by atoms with Crippen LogP contribution in [0.2, 0.25) is 0 Å². The molecule has 0 saturated heterocycles. The Balaban J connectivity index is 1.75. The Morgan fingerprint density at radius 2 is 2.39 bits per heavy atom. The molecule has 0 fully saturated rings. The van der Waals surface area contributed by atoms with Crippen molar-refractivity contribution in [2.45, 2.75) is 6.54 Å². The molecule has 2 aromatic heterocycles. The minimum absolute atomic E-state index is 0.103. The molecule has 0 aliphatic carbocycles. The largest absolute Gasteiger partial charge is 0.346 e. The predicted molar refractivity (Wildman–Crippen MR) is 69.4 cm³/mol. The molecule has 0 atom stereocenters. The van der Waals surface area contributed by atoms with Crippen LogP contribution >= 0.6 is 11.3 Å². The Bertz CT molecular complexity index is 674. The monoisotopic (exact) mass is 258 g/mol. The van der Waals surface area contributed by atoms with E-state index in [0.717, 1.165) is 15.9 Å². The summed E-state index contributed by atoms with van der Waals surface area (Å²) >= 11 is 1.52. The molecule has 0 saturated carbocycles. The maximum Gasteiger partial charge on any atom is 0.251 e. The predicted octanol–water partition coefficient (Wildman–Crippen LogP) is 1.95. The van der Waals surface area contributed by atoms with Gasteiger partial charge in [-0.05, 0) is 18.2 Å². The van der Waals surface area contributed by atoms with Crippen LogP contribution in [0.15, 0.2) is 36.0 Å². The number of carbonyl (C=O) groups is 1. The molecule has 3 rings (SSSR count). The van der Waals surface area contributed by atoms with Gasteiger partial charge in [-0.15, -0.1) is 11.3 Å². The number of rotatable bonds is 3. The van der Waals surface area contributed by atoms with Crippen molar-refractivity contribution in [3.8, 4) is 0 Å². The molecule has 18 heavy (non-hydrogen) atoms. The Morgan fingerprint density at radius 1 is 1.44 bits per heavy atom. The van der Waals surface area contributed by atoms with Crippen LogP contribution in [0.25, 0.3) is 10.9 Å². The standard InChI is InChI=1S/C12H10N4OS/c17-12(14-7-11-13-3-4-18-11)8-1-2-10-9(5-8)6-15-16-10/h1-6H,7H2,(H,14,17)(H,15,16). The van der Waals surface area contributed by atoms with E-state index in [1.54, 1.807) is 18.5 Å². The first-order chi connectivity index (χ1) is 8.83. The number of aromatic nitrogens is 3. The first-order valence-electron chi connectivity index (χ1n) is 5.42. The molecule has 1 aromatic carbocycles. The van der Waals surface area contributed by atoms with Crippen LogP contribution in [0.1, 0.15) is 15.4 Å². The van der Waals surface area contributed by atoms with Crippen LogP contribution in [0.4, 0.5) is 0 Å². The van der Waals surface area contributed by atoms with Crippen molar-refractivity contribution in [3.63, 3.8) is 0 Å². The molecular weight excluding hydrogens is 248 g/mol. The van der Waals surface area contributed by atoms with Crippen molar-refractivity contribution in [2.24, 2.45) is 0 Å². The second-order valence-corrected chi connectivity index (χ2v) is 4.76. The number of carbonyl (C=O) groups excluding carboxylic acids is 1. The summed E-state index contributed by atoms with van der Waals surface area (Å²) in [6.45, 7) is 0.458. The SMILES string of the molecule is O=C(NCc1nccs1)c1ccc2[nH]ncc2c1. The molecular formula is C12H10N4OS. The van der Waals surface area contributed by atoms with E-state index in [2.05, 4.69) is 20.5 Å². The number of hydrogen-bond donors (Lipinski definition) is 2.